The fourth-order valence-electron chi connectivity index (χ4n) is 1.64. The van der Waals surface area contributed by atoms with Crippen molar-refractivity contribution in [3.63, 3.8) is 0 Å². The number of hydrogen-bond donors (Lipinski definition) is 1. The van der Waals surface area contributed by atoms with E-state index >= 15 is 0 Å². The van der Waals surface area contributed by atoms with Gasteiger partial charge in [-0.1, -0.05) is 17.7 Å². The molecule has 0 bridgehead atoms. The number of carboxylic acid groups (broad SMARTS) is 1. The van der Waals surface area contributed by atoms with Crippen molar-refractivity contribution in [2.45, 2.75) is 18.6 Å². The molecule has 0 aromatic heterocycles. The number of alkyl halides is 3. The minimum Gasteiger partial charge on any atom is -0.478 e. The molecule has 0 radical (unpaired) electrons. The summed E-state index contributed by atoms with van der Waals surface area (Å²) in [5, 5.41) is 8.91. The molecule has 1 aromatic rings. The van der Waals surface area contributed by atoms with Crippen LogP contribution in [0, 0.1) is 6.85 Å². The van der Waals surface area contributed by atoms with Gasteiger partial charge in [0.05, 0.1) is 0 Å². The number of halogens is 4. The summed E-state index contributed by atoms with van der Waals surface area (Å²) in [6, 6.07) is 2.11. The number of hydrogen-bond acceptors (Lipinski definition) is 2. The maximum Gasteiger partial charge on any atom is 0.443 e. The van der Waals surface area contributed by atoms with Crippen LogP contribution in [0.2, 0.25) is 5.02 Å². The van der Waals surface area contributed by atoms with Crippen molar-refractivity contribution < 1.29 is 31.9 Å². The van der Waals surface area contributed by atoms with Crippen molar-refractivity contribution in [3.05, 3.63) is 34.4 Å². The zero-order valence-corrected chi connectivity index (χ0v) is 9.84. The standard InChI is InChI=1S/C12H8ClF3O3/c1-6-4-8(13)5-7-2-3-11(10(17)18,12(14,15)16)19-9(6)7/h2-5H,1H3,(H,17,18)/i1D3. The smallest absolute Gasteiger partial charge is 0.443 e. The maximum absolute atomic E-state index is 13.1. The van der Waals surface area contributed by atoms with Crippen LogP contribution in [0.15, 0.2) is 18.2 Å². The molecular weight excluding hydrogens is 285 g/mol. The monoisotopic (exact) mass is 295 g/mol. The van der Waals surface area contributed by atoms with Crippen molar-refractivity contribution >= 4 is 23.6 Å². The molecule has 0 spiro atoms. The first-order valence-electron chi connectivity index (χ1n) is 6.41. The van der Waals surface area contributed by atoms with Crippen LogP contribution in [0.1, 0.15) is 15.2 Å². The van der Waals surface area contributed by atoms with Gasteiger partial charge in [0.2, 0.25) is 0 Å². The molecule has 1 aromatic carbocycles. The summed E-state index contributed by atoms with van der Waals surface area (Å²) < 4.78 is 66.0. The topological polar surface area (TPSA) is 46.5 Å². The van der Waals surface area contributed by atoms with Crippen molar-refractivity contribution in [1.82, 2.24) is 0 Å². The van der Waals surface area contributed by atoms with E-state index in [0.29, 0.717) is 6.08 Å². The van der Waals surface area contributed by atoms with Gasteiger partial charge in [-0.15, -0.1) is 0 Å². The van der Waals surface area contributed by atoms with E-state index in [1.54, 1.807) is 0 Å². The number of aliphatic carboxylic acids is 1. The van der Waals surface area contributed by atoms with E-state index in [2.05, 4.69) is 4.74 Å². The SMILES string of the molecule is [2H]C([2H])([2H])c1cc(Cl)cc2c1OC(C(=O)O)(C(F)(F)F)C=C2. The summed E-state index contributed by atoms with van der Waals surface area (Å²) in [6.45, 7) is -2.82. The Morgan fingerprint density at radius 2 is 2.21 bits per heavy atom. The lowest BCUT2D eigenvalue weighted by atomic mass is 9.96. The third kappa shape index (κ3) is 2.06. The van der Waals surface area contributed by atoms with Crippen molar-refractivity contribution in [2.75, 3.05) is 0 Å². The highest BCUT2D eigenvalue weighted by Crippen LogP contribution is 2.43. The molecule has 19 heavy (non-hydrogen) atoms. The summed E-state index contributed by atoms with van der Waals surface area (Å²) in [5.74, 6) is -2.97. The Balaban J connectivity index is 2.71. The maximum atomic E-state index is 13.1. The Morgan fingerprint density at radius 1 is 1.53 bits per heavy atom. The molecule has 0 saturated heterocycles. The number of fused-ring (bicyclic) bond motifs is 1. The molecule has 1 heterocycles. The molecule has 2 rings (SSSR count). The van der Waals surface area contributed by atoms with Crippen LogP contribution in [0.25, 0.3) is 6.08 Å². The zero-order chi connectivity index (χ0) is 16.9. The van der Waals surface area contributed by atoms with E-state index in [0.717, 1.165) is 12.1 Å². The highest BCUT2D eigenvalue weighted by molar-refractivity contribution is 6.30. The summed E-state index contributed by atoms with van der Waals surface area (Å²) in [4.78, 5) is 11.1. The molecular formula is C12H8ClF3O3. The van der Waals surface area contributed by atoms with Gasteiger partial charge >= 0.3 is 17.7 Å². The first kappa shape index (κ1) is 10.1. The van der Waals surface area contributed by atoms with Crippen LogP contribution in [0.4, 0.5) is 13.2 Å². The van der Waals surface area contributed by atoms with Gasteiger partial charge in [-0.25, -0.2) is 4.79 Å². The highest BCUT2D eigenvalue weighted by Gasteiger charge is 2.63. The van der Waals surface area contributed by atoms with E-state index in [-0.39, 0.29) is 10.6 Å². The second-order valence-corrected chi connectivity index (χ2v) is 4.28. The van der Waals surface area contributed by atoms with Crippen LogP contribution < -0.4 is 4.74 Å². The van der Waals surface area contributed by atoms with Gasteiger partial charge in [-0.2, -0.15) is 13.2 Å². The number of carbonyl (C=O) groups is 1. The molecule has 0 amide bonds. The fraction of sp³-hybridized carbons (Fsp3) is 0.250. The molecule has 1 unspecified atom stereocenters. The third-order valence-corrected chi connectivity index (χ3v) is 2.80. The Kier molecular flexibility index (Phi) is 2.22. The molecule has 7 heteroatoms. The van der Waals surface area contributed by atoms with E-state index in [1.807, 2.05) is 0 Å². The molecule has 102 valence electrons. The first-order chi connectivity index (χ1) is 9.88. The van der Waals surface area contributed by atoms with E-state index < -0.39 is 35.9 Å². The van der Waals surface area contributed by atoms with Gasteiger partial charge in [-0.3, -0.25) is 0 Å². The van der Waals surface area contributed by atoms with Gasteiger partial charge in [0.1, 0.15) is 5.75 Å². The van der Waals surface area contributed by atoms with Gasteiger partial charge < -0.3 is 9.84 Å². The molecule has 0 saturated carbocycles. The number of rotatable bonds is 1. The average Bonchev–Trinajstić information content (AvgIpc) is 2.34. The molecule has 1 atom stereocenters. The van der Waals surface area contributed by atoms with Crippen molar-refractivity contribution in [3.8, 4) is 5.75 Å². The highest BCUT2D eigenvalue weighted by atomic mass is 35.5. The summed E-state index contributed by atoms with van der Waals surface area (Å²) in [6.07, 6.45) is -4.13. The zero-order valence-electron chi connectivity index (χ0n) is 12.1. The largest absolute Gasteiger partial charge is 0.478 e. The van der Waals surface area contributed by atoms with Gasteiger partial charge in [-0.05, 0) is 30.6 Å². The first-order valence-corrected chi connectivity index (χ1v) is 5.29. The summed E-state index contributed by atoms with van der Waals surface area (Å²) in [5.41, 5.74) is -4.28. The lowest BCUT2D eigenvalue weighted by molar-refractivity contribution is -0.235. The predicted octanol–water partition coefficient (Wildman–Crippen LogP) is 3.44. The predicted molar refractivity (Wildman–Crippen MR) is 62.3 cm³/mol. The normalized spacial score (nSPS) is 24.7. The second-order valence-electron chi connectivity index (χ2n) is 3.85. The molecule has 0 fully saturated rings. The Hall–Kier alpha value is -1.69. The van der Waals surface area contributed by atoms with Crippen LogP contribution in [-0.4, -0.2) is 22.9 Å². The van der Waals surface area contributed by atoms with Gasteiger partial charge in [0.15, 0.2) is 0 Å². The molecule has 1 aliphatic rings. The lowest BCUT2D eigenvalue weighted by Crippen LogP contribution is -2.56. The summed E-state index contributed by atoms with van der Waals surface area (Å²) in [7, 11) is 0. The van der Waals surface area contributed by atoms with Crippen LogP contribution in [0.3, 0.4) is 0 Å². The number of benzene rings is 1. The molecule has 3 nitrogen and oxygen atoms in total. The van der Waals surface area contributed by atoms with Crippen LogP contribution in [-0.2, 0) is 4.79 Å². The van der Waals surface area contributed by atoms with Crippen LogP contribution >= 0.6 is 11.6 Å². The van der Waals surface area contributed by atoms with Gasteiger partial charge in [0.25, 0.3) is 0 Å². The van der Waals surface area contributed by atoms with E-state index in [1.165, 1.54) is 6.07 Å². The Morgan fingerprint density at radius 3 is 2.74 bits per heavy atom. The van der Waals surface area contributed by atoms with Gasteiger partial charge in [0, 0.05) is 14.7 Å². The Bertz CT molecular complexity index is 670. The van der Waals surface area contributed by atoms with Crippen molar-refractivity contribution in [2.24, 2.45) is 0 Å². The number of aryl methyl sites for hydroxylation is 1. The Labute approximate surface area is 115 Å². The molecule has 1 N–H and O–H groups in total. The lowest BCUT2D eigenvalue weighted by Gasteiger charge is -2.33. The molecule has 1 aliphatic heterocycles. The van der Waals surface area contributed by atoms with Crippen molar-refractivity contribution in [1.29, 1.82) is 0 Å². The molecule has 0 aliphatic carbocycles. The third-order valence-electron chi connectivity index (χ3n) is 2.58. The number of carboxylic acids is 1. The summed E-state index contributed by atoms with van der Waals surface area (Å²) >= 11 is 5.73. The van der Waals surface area contributed by atoms with E-state index in [4.69, 9.17) is 20.8 Å². The fourth-order valence-corrected chi connectivity index (χ4v) is 1.87. The quantitative estimate of drug-likeness (QED) is 0.863. The van der Waals surface area contributed by atoms with Crippen LogP contribution in [0.5, 0.6) is 5.75 Å². The number of ether oxygens (including phenoxy) is 1. The second kappa shape index (κ2) is 4.16. The average molecular weight is 296 g/mol. The minimum atomic E-state index is -5.28. The minimum absolute atomic E-state index is 0.0204. The van der Waals surface area contributed by atoms with E-state index in [9.17, 15) is 18.0 Å².